The highest BCUT2D eigenvalue weighted by Crippen LogP contribution is 2.29. The van der Waals surface area contributed by atoms with Gasteiger partial charge in [0.2, 0.25) is 5.82 Å². The van der Waals surface area contributed by atoms with Gasteiger partial charge in [-0.1, -0.05) is 30.3 Å². The second kappa shape index (κ2) is 5.14. The van der Waals surface area contributed by atoms with Gasteiger partial charge in [-0.2, -0.15) is 0 Å². The lowest BCUT2D eigenvalue weighted by Gasteiger charge is -2.05. The first kappa shape index (κ1) is 12.5. The van der Waals surface area contributed by atoms with Gasteiger partial charge in [-0.15, -0.1) is 0 Å². The summed E-state index contributed by atoms with van der Waals surface area (Å²) in [6.45, 7) is 0. The summed E-state index contributed by atoms with van der Waals surface area (Å²) in [5.74, 6) is -0.0692. The van der Waals surface area contributed by atoms with Crippen molar-refractivity contribution in [2.45, 2.75) is 6.42 Å². The minimum Gasteiger partial charge on any atom is -0.378 e. The zero-order chi connectivity index (χ0) is 13.1. The average molecular weight is 308 g/mol. The minimum atomic E-state index is -0.493. The molecule has 18 heavy (non-hydrogen) atoms. The first-order chi connectivity index (χ1) is 8.58. The Labute approximate surface area is 112 Å². The molecule has 0 spiro atoms. The van der Waals surface area contributed by atoms with Crippen molar-refractivity contribution in [3.8, 4) is 0 Å². The Bertz CT molecular complexity index is 587. The Balaban J connectivity index is 2.46. The number of pyridine rings is 1. The number of nitro groups is 1. The molecule has 0 amide bonds. The van der Waals surface area contributed by atoms with Crippen molar-refractivity contribution < 1.29 is 4.92 Å². The van der Waals surface area contributed by atoms with E-state index in [1.54, 1.807) is 6.07 Å². The summed E-state index contributed by atoms with van der Waals surface area (Å²) < 4.78 is 0.497. The minimum absolute atomic E-state index is 0.0692. The summed E-state index contributed by atoms with van der Waals surface area (Å²) in [6.07, 6.45) is 0.447. The van der Waals surface area contributed by atoms with Gasteiger partial charge < -0.3 is 5.73 Å². The van der Waals surface area contributed by atoms with Crippen molar-refractivity contribution in [3.05, 3.63) is 62.2 Å². The summed E-state index contributed by atoms with van der Waals surface area (Å²) in [5, 5.41) is 11.0. The maximum absolute atomic E-state index is 11.0. The van der Waals surface area contributed by atoms with Crippen LogP contribution in [0.3, 0.4) is 0 Å². The Morgan fingerprint density at radius 2 is 2.00 bits per heavy atom. The molecule has 0 aliphatic rings. The molecule has 2 aromatic rings. The van der Waals surface area contributed by atoms with Crippen molar-refractivity contribution in [3.63, 3.8) is 0 Å². The smallest absolute Gasteiger partial charge is 0.314 e. The van der Waals surface area contributed by atoms with Crippen LogP contribution in [0.5, 0.6) is 0 Å². The van der Waals surface area contributed by atoms with Crippen LogP contribution < -0.4 is 5.73 Å². The molecule has 2 rings (SSSR count). The number of nitrogens with zero attached hydrogens (tertiary/aromatic N) is 2. The van der Waals surface area contributed by atoms with Gasteiger partial charge in [-0.25, -0.2) is 4.98 Å². The molecule has 5 nitrogen and oxygen atoms in total. The van der Waals surface area contributed by atoms with Crippen molar-refractivity contribution in [2.24, 2.45) is 0 Å². The second-order valence-electron chi connectivity index (χ2n) is 3.76. The van der Waals surface area contributed by atoms with E-state index in [4.69, 9.17) is 5.73 Å². The van der Waals surface area contributed by atoms with Crippen molar-refractivity contribution in [1.29, 1.82) is 0 Å². The molecule has 0 unspecified atom stereocenters. The highest BCUT2D eigenvalue weighted by molar-refractivity contribution is 9.10. The number of benzene rings is 1. The predicted molar refractivity (Wildman–Crippen MR) is 72.3 cm³/mol. The molecule has 0 aliphatic heterocycles. The van der Waals surface area contributed by atoms with E-state index in [0.29, 0.717) is 16.6 Å². The van der Waals surface area contributed by atoms with Gasteiger partial charge in [-0.3, -0.25) is 10.1 Å². The van der Waals surface area contributed by atoms with E-state index in [-0.39, 0.29) is 11.5 Å². The van der Waals surface area contributed by atoms with Gasteiger partial charge in [-0.05, 0) is 27.6 Å². The van der Waals surface area contributed by atoms with E-state index in [2.05, 4.69) is 20.9 Å². The Morgan fingerprint density at radius 3 is 2.61 bits per heavy atom. The summed E-state index contributed by atoms with van der Waals surface area (Å²) >= 11 is 3.20. The fraction of sp³-hybridized carbons (Fsp3) is 0.0833. The van der Waals surface area contributed by atoms with Gasteiger partial charge in [0.1, 0.15) is 4.60 Å². The van der Waals surface area contributed by atoms with E-state index in [1.807, 2.05) is 30.3 Å². The molecule has 6 heteroatoms. The fourth-order valence-electron chi connectivity index (χ4n) is 1.74. The molecule has 0 radical (unpaired) electrons. The fourth-order valence-corrected chi connectivity index (χ4v) is 2.21. The molecule has 1 aromatic carbocycles. The zero-order valence-electron chi connectivity index (χ0n) is 9.34. The number of hydrogen-bond acceptors (Lipinski definition) is 4. The van der Waals surface area contributed by atoms with E-state index in [0.717, 1.165) is 5.56 Å². The number of aromatic nitrogens is 1. The lowest BCUT2D eigenvalue weighted by Crippen LogP contribution is -2.04. The number of halogens is 1. The maximum Gasteiger partial charge on any atom is 0.314 e. The van der Waals surface area contributed by atoms with Crippen molar-refractivity contribution >= 4 is 27.4 Å². The predicted octanol–water partition coefficient (Wildman–Crippen LogP) is 2.93. The average Bonchev–Trinajstić information content (AvgIpc) is 2.28. The van der Waals surface area contributed by atoms with Crippen LogP contribution >= 0.6 is 15.9 Å². The van der Waals surface area contributed by atoms with Crippen LogP contribution in [0, 0.1) is 10.1 Å². The molecule has 0 fully saturated rings. The highest BCUT2D eigenvalue weighted by atomic mass is 79.9. The third-order valence-electron chi connectivity index (χ3n) is 2.49. The molecule has 0 saturated carbocycles. The summed E-state index contributed by atoms with van der Waals surface area (Å²) in [6, 6.07) is 11.1. The quantitative estimate of drug-likeness (QED) is 0.537. The molecule has 0 atom stereocenters. The zero-order valence-corrected chi connectivity index (χ0v) is 10.9. The van der Waals surface area contributed by atoms with Gasteiger partial charge in [0.05, 0.1) is 4.92 Å². The van der Waals surface area contributed by atoms with E-state index in [1.165, 1.54) is 0 Å². The number of nitrogen functional groups attached to an aromatic ring is 1. The molecule has 0 saturated heterocycles. The Kier molecular flexibility index (Phi) is 3.57. The standard InChI is InChI=1S/C12H10BrN3O2/c13-10-7-9(6-8-4-2-1-3-5-8)11(16(17)18)12(14)15-10/h1-5,7H,6H2,(H2,14,15). The number of anilines is 1. The normalized spacial score (nSPS) is 10.3. The van der Waals surface area contributed by atoms with Gasteiger partial charge in [0.15, 0.2) is 0 Å². The first-order valence-electron chi connectivity index (χ1n) is 5.21. The Morgan fingerprint density at radius 1 is 1.33 bits per heavy atom. The molecule has 1 heterocycles. The van der Waals surface area contributed by atoms with Crippen LogP contribution in [0.1, 0.15) is 11.1 Å². The van der Waals surface area contributed by atoms with Crippen LogP contribution in [-0.2, 0) is 6.42 Å². The summed E-state index contributed by atoms with van der Waals surface area (Å²) in [4.78, 5) is 14.4. The molecule has 0 aliphatic carbocycles. The van der Waals surface area contributed by atoms with Crippen molar-refractivity contribution in [1.82, 2.24) is 4.98 Å². The number of hydrogen-bond donors (Lipinski definition) is 1. The molecular formula is C12H10BrN3O2. The van der Waals surface area contributed by atoms with Crippen LogP contribution in [0.2, 0.25) is 0 Å². The Hall–Kier alpha value is -1.95. The number of nitrogens with two attached hydrogens (primary N) is 1. The lowest BCUT2D eigenvalue weighted by molar-refractivity contribution is -0.384. The molecule has 2 N–H and O–H groups in total. The van der Waals surface area contributed by atoms with Gasteiger partial charge in [0.25, 0.3) is 0 Å². The monoisotopic (exact) mass is 307 g/mol. The number of rotatable bonds is 3. The van der Waals surface area contributed by atoms with Crippen molar-refractivity contribution in [2.75, 3.05) is 5.73 Å². The topological polar surface area (TPSA) is 82.0 Å². The van der Waals surface area contributed by atoms with E-state index in [9.17, 15) is 10.1 Å². The molecule has 0 bridgehead atoms. The summed E-state index contributed by atoms with van der Waals surface area (Å²) in [5.41, 5.74) is 7.00. The van der Waals surface area contributed by atoms with Crippen LogP contribution in [0.4, 0.5) is 11.5 Å². The molecular weight excluding hydrogens is 298 g/mol. The van der Waals surface area contributed by atoms with Crippen LogP contribution in [-0.4, -0.2) is 9.91 Å². The van der Waals surface area contributed by atoms with Gasteiger partial charge >= 0.3 is 5.69 Å². The lowest BCUT2D eigenvalue weighted by atomic mass is 10.0. The second-order valence-corrected chi connectivity index (χ2v) is 4.57. The van der Waals surface area contributed by atoms with E-state index >= 15 is 0 Å². The SMILES string of the molecule is Nc1nc(Br)cc(Cc2ccccc2)c1[N+](=O)[O-]. The summed E-state index contributed by atoms with van der Waals surface area (Å²) in [7, 11) is 0. The third-order valence-corrected chi connectivity index (χ3v) is 2.89. The van der Waals surface area contributed by atoms with Crippen LogP contribution in [0.15, 0.2) is 41.0 Å². The third kappa shape index (κ3) is 2.65. The van der Waals surface area contributed by atoms with Crippen LogP contribution in [0.25, 0.3) is 0 Å². The molecule has 1 aromatic heterocycles. The maximum atomic E-state index is 11.0. The first-order valence-corrected chi connectivity index (χ1v) is 6.00. The molecule has 92 valence electrons. The van der Waals surface area contributed by atoms with E-state index < -0.39 is 4.92 Å². The highest BCUT2D eigenvalue weighted by Gasteiger charge is 2.20. The van der Waals surface area contributed by atoms with Gasteiger partial charge in [0, 0.05) is 12.0 Å². The largest absolute Gasteiger partial charge is 0.378 e.